The number of nitrogens with one attached hydrogen (secondary N) is 2. The number of para-hydroxylation sites is 1. The number of hydrogen-bond acceptors (Lipinski definition) is 3. The van der Waals surface area contributed by atoms with Crippen LogP contribution in [0.5, 0.6) is 5.75 Å². The number of ether oxygens (including phenoxy) is 1. The Bertz CT molecular complexity index is 729. The number of fused-ring (bicyclic) bond motifs is 1. The van der Waals surface area contributed by atoms with Gasteiger partial charge in [-0.05, 0) is 29.8 Å². The fourth-order valence-corrected chi connectivity index (χ4v) is 2.17. The van der Waals surface area contributed by atoms with Crippen LogP contribution in [0.3, 0.4) is 0 Å². The Labute approximate surface area is 126 Å². The van der Waals surface area contributed by atoms with E-state index in [4.69, 9.17) is 4.74 Å². The van der Waals surface area contributed by atoms with Crippen LogP contribution in [0.2, 0.25) is 0 Å². The van der Waals surface area contributed by atoms with E-state index in [9.17, 15) is 14.0 Å². The maximum absolute atomic E-state index is 12.8. The molecule has 6 heteroatoms. The molecular weight excluding hydrogens is 287 g/mol. The van der Waals surface area contributed by atoms with E-state index in [-0.39, 0.29) is 30.8 Å². The van der Waals surface area contributed by atoms with Gasteiger partial charge in [-0.15, -0.1) is 0 Å². The number of rotatable bonds is 3. The van der Waals surface area contributed by atoms with Crippen LogP contribution in [0, 0.1) is 5.82 Å². The van der Waals surface area contributed by atoms with Crippen molar-refractivity contribution < 1.29 is 18.7 Å². The zero-order valence-electron chi connectivity index (χ0n) is 11.6. The Morgan fingerprint density at radius 1 is 1.23 bits per heavy atom. The largest absolute Gasteiger partial charge is 0.481 e. The summed E-state index contributed by atoms with van der Waals surface area (Å²) in [7, 11) is 0. The first-order chi connectivity index (χ1) is 10.6. The second-order valence-electron chi connectivity index (χ2n) is 4.83. The lowest BCUT2D eigenvalue weighted by atomic mass is 10.1. The van der Waals surface area contributed by atoms with Gasteiger partial charge in [0.15, 0.2) is 12.4 Å². The van der Waals surface area contributed by atoms with Gasteiger partial charge in [0.1, 0.15) is 5.82 Å². The van der Waals surface area contributed by atoms with E-state index in [1.807, 2.05) is 0 Å². The fraction of sp³-hybridized carbons (Fsp3) is 0.125. The first-order valence-corrected chi connectivity index (χ1v) is 6.72. The van der Waals surface area contributed by atoms with E-state index in [1.54, 1.807) is 30.3 Å². The first-order valence-electron chi connectivity index (χ1n) is 6.72. The van der Waals surface area contributed by atoms with E-state index in [0.717, 1.165) is 5.56 Å². The number of benzene rings is 2. The molecule has 22 heavy (non-hydrogen) atoms. The highest BCUT2D eigenvalue weighted by atomic mass is 19.1. The Kier molecular flexibility index (Phi) is 3.74. The number of carbonyl (C=O) groups excluding carboxylic acids is 2. The fourth-order valence-electron chi connectivity index (χ4n) is 2.17. The van der Waals surface area contributed by atoms with Crippen molar-refractivity contribution in [3.63, 3.8) is 0 Å². The molecule has 0 radical (unpaired) electrons. The van der Waals surface area contributed by atoms with Gasteiger partial charge >= 0.3 is 0 Å². The maximum atomic E-state index is 12.8. The molecule has 0 saturated heterocycles. The van der Waals surface area contributed by atoms with Crippen molar-refractivity contribution in [2.75, 3.05) is 11.9 Å². The minimum Gasteiger partial charge on any atom is -0.481 e. The molecule has 2 amide bonds. The van der Waals surface area contributed by atoms with Crippen LogP contribution in [-0.4, -0.2) is 18.4 Å². The van der Waals surface area contributed by atoms with Crippen molar-refractivity contribution in [1.82, 2.24) is 5.32 Å². The van der Waals surface area contributed by atoms with Crippen molar-refractivity contribution in [3.05, 3.63) is 59.4 Å². The van der Waals surface area contributed by atoms with Gasteiger partial charge < -0.3 is 15.4 Å². The number of hydrogen-bond donors (Lipinski definition) is 2. The summed E-state index contributed by atoms with van der Waals surface area (Å²) in [5, 5.41) is 5.39. The van der Waals surface area contributed by atoms with Crippen LogP contribution in [0.4, 0.5) is 10.1 Å². The molecule has 0 aromatic heterocycles. The molecule has 1 aliphatic heterocycles. The minimum atomic E-state index is -0.323. The molecule has 0 aliphatic carbocycles. The van der Waals surface area contributed by atoms with Crippen LogP contribution < -0.4 is 15.4 Å². The highest BCUT2D eigenvalue weighted by Gasteiger charge is 2.22. The molecule has 0 spiro atoms. The van der Waals surface area contributed by atoms with Gasteiger partial charge in [0.2, 0.25) is 0 Å². The van der Waals surface area contributed by atoms with Gasteiger partial charge in [0, 0.05) is 6.54 Å². The molecular formula is C16H13FN2O3. The van der Waals surface area contributed by atoms with Gasteiger partial charge in [-0.3, -0.25) is 9.59 Å². The summed E-state index contributed by atoms with van der Waals surface area (Å²) in [6.45, 7) is 0.157. The quantitative estimate of drug-likeness (QED) is 0.912. The second kappa shape index (κ2) is 5.85. The number of amides is 2. The summed E-state index contributed by atoms with van der Waals surface area (Å²) in [5.41, 5.74) is 1.61. The van der Waals surface area contributed by atoms with Crippen molar-refractivity contribution in [3.8, 4) is 5.75 Å². The van der Waals surface area contributed by atoms with E-state index >= 15 is 0 Å². The molecule has 0 unspecified atom stereocenters. The van der Waals surface area contributed by atoms with Gasteiger partial charge in [0.25, 0.3) is 11.8 Å². The SMILES string of the molecule is O=C1COc2c(cccc2C(=O)NCc2ccc(F)cc2)N1. The van der Waals surface area contributed by atoms with E-state index in [2.05, 4.69) is 10.6 Å². The summed E-state index contributed by atoms with van der Waals surface area (Å²) in [6, 6.07) is 10.8. The molecule has 0 bridgehead atoms. The average Bonchev–Trinajstić information content (AvgIpc) is 2.53. The normalized spacial score (nSPS) is 12.9. The van der Waals surface area contributed by atoms with Crippen molar-refractivity contribution in [2.45, 2.75) is 6.54 Å². The standard InChI is InChI=1S/C16H13FN2O3/c17-11-6-4-10(5-7-11)8-18-16(21)12-2-1-3-13-15(12)22-9-14(20)19-13/h1-7H,8-9H2,(H,18,21)(H,19,20). The molecule has 112 valence electrons. The lowest BCUT2D eigenvalue weighted by Gasteiger charge is -2.20. The third-order valence-corrected chi connectivity index (χ3v) is 3.25. The monoisotopic (exact) mass is 300 g/mol. The van der Waals surface area contributed by atoms with Gasteiger partial charge in [-0.2, -0.15) is 0 Å². The molecule has 1 heterocycles. The van der Waals surface area contributed by atoms with E-state index < -0.39 is 0 Å². The second-order valence-corrected chi connectivity index (χ2v) is 4.83. The summed E-state index contributed by atoms with van der Waals surface area (Å²) >= 11 is 0. The predicted molar refractivity (Wildman–Crippen MR) is 78.1 cm³/mol. The summed E-state index contributed by atoms with van der Waals surface area (Å²) in [6.07, 6.45) is 0. The van der Waals surface area contributed by atoms with E-state index in [0.29, 0.717) is 17.0 Å². The minimum absolute atomic E-state index is 0.116. The third kappa shape index (κ3) is 2.90. The summed E-state index contributed by atoms with van der Waals surface area (Å²) in [4.78, 5) is 23.5. The molecule has 0 saturated carbocycles. The average molecular weight is 300 g/mol. The van der Waals surface area contributed by atoms with Crippen LogP contribution in [0.25, 0.3) is 0 Å². The smallest absolute Gasteiger partial charge is 0.262 e. The molecule has 2 aromatic carbocycles. The molecule has 1 aliphatic rings. The van der Waals surface area contributed by atoms with E-state index in [1.165, 1.54) is 12.1 Å². The zero-order chi connectivity index (χ0) is 15.5. The summed E-state index contributed by atoms with van der Waals surface area (Å²) in [5.74, 6) is -0.538. The van der Waals surface area contributed by atoms with Crippen LogP contribution in [0.15, 0.2) is 42.5 Å². The third-order valence-electron chi connectivity index (χ3n) is 3.25. The van der Waals surface area contributed by atoms with Crippen LogP contribution in [-0.2, 0) is 11.3 Å². The first kappa shape index (κ1) is 14.1. The lowest BCUT2D eigenvalue weighted by Crippen LogP contribution is -2.29. The predicted octanol–water partition coefficient (Wildman–Crippen LogP) is 2.09. The van der Waals surface area contributed by atoms with Gasteiger partial charge in [-0.1, -0.05) is 18.2 Å². The molecule has 5 nitrogen and oxygen atoms in total. The Morgan fingerprint density at radius 2 is 2.00 bits per heavy atom. The highest BCUT2D eigenvalue weighted by molar-refractivity contribution is 6.03. The Balaban J connectivity index is 1.74. The van der Waals surface area contributed by atoms with Gasteiger partial charge in [-0.25, -0.2) is 4.39 Å². The van der Waals surface area contributed by atoms with Crippen LogP contribution in [0.1, 0.15) is 15.9 Å². The van der Waals surface area contributed by atoms with Crippen molar-refractivity contribution in [2.24, 2.45) is 0 Å². The van der Waals surface area contributed by atoms with Crippen molar-refractivity contribution >= 4 is 17.5 Å². The zero-order valence-corrected chi connectivity index (χ0v) is 11.6. The topological polar surface area (TPSA) is 67.4 Å². The molecule has 3 rings (SSSR count). The molecule has 2 N–H and O–H groups in total. The molecule has 2 aromatic rings. The number of anilines is 1. The Morgan fingerprint density at radius 3 is 2.77 bits per heavy atom. The summed E-state index contributed by atoms with van der Waals surface area (Å²) < 4.78 is 18.2. The molecule has 0 atom stereocenters. The number of halogens is 1. The lowest BCUT2D eigenvalue weighted by molar-refractivity contribution is -0.118. The van der Waals surface area contributed by atoms with Crippen LogP contribution >= 0.6 is 0 Å². The maximum Gasteiger partial charge on any atom is 0.262 e. The van der Waals surface area contributed by atoms with Gasteiger partial charge in [0.05, 0.1) is 11.3 Å². The Hall–Kier alpha value is -2.89. The number of carbonyl (C=O) groups is 2. The highest BCUT2D eigenvalue weighted by Crippen LogP contribution is 2.31. The molecule has 0 fully saturated rings. The van der Waals surface area contributed by atoms with Crippen molar-refractivity contribution in [1.29, 1.82) is 0 Å².